The number of nitrogens with one attached hydrogen (secondary N) is 2. The Morgan fingerprint density at radius 1 is 0.821 bits per heavy atom. The topological polar surface area (TPSA) is 75.3 Å². The summed E-state index contributed by atoms with van der Waals surface area (Å²) >= 11 is 3.31. The van der Waals surface area contributed by atoms with E-state index in [0.717, 1.165) is 10.0 Å². The number of carbonyl (C=O) groups excluding carboxylic acids is 1. The van der Waals surface area contributed by atoms with Crippen LogP contribution in [0.4, 0.5) is 11.4 Å². The Morgan fingerprint density at radius 2 is 1.43 bits per heavy atom. The molecule has 144 valence electrons. The number of rotatable bonds is 7. The first-order chi connectivity index (χ1) is 13.4. The van der Waals surface area contributed by atoms with Gasteiger partial charge in [-0.15, -0.1) is 0 Å². The van der Waals surface area contributed by atoms with Crippen molar-refractivity contribution in [2.75, 3.05) is 10.0 Å². The Bertz CT molecular complexity index is 1040. The summed E-state index contributed by atoms with van der Waals surface area (Å²) in [5.41, 5.74) is 2.13. The lowest BCUT2D eigenvalue weighted by atomic mass is 10.1. The number of hydrogen-bond donors (Lipinski definition) is 2. The summed E-state index contributed by atoms with van der Waals surface area (Å²) in [5.74, 6) is -0.118. The lowest BCUT2D eigenvalue weighted by Crippen LogP contribution is -2.14. The SMILES string of the molecule is O=C(CCc1ccccc1)Nc1ccc(S(=O)(=O)Nc2ccc(Br)cc2)cc1. The van der Waals surface area contributed by atoms with Crippen molar-refractivity contribution in [2.24, 2.45) is 0 Å². The molecule has 7 heteroatoms. The third-order valence-electron chi connectivity index (χ3n) is 4.03. The predicted octanol–water partition coefficient (Wildman–Crippen LogP) is 4.82. The third-order valence-corrected chi connectivity index (χ3v) is 5.95. The van der Waals surface area contributed by atoms with Gasteiger partial charge in [0.2, 0.25) is 5.91 Å². The van der Waals surface area contributed by atoms with E-state index in [1.165, 1.54) is 12.1 Å². The number of hydrogen-bond acceptors (Lipinski definition) is 3. The minimum atomic E-state index is -3.70. The molecule has 0 atom stereocenters. The molecule has 0 aliphatic carbocycles. The average Bonchev–Trinajstić information content (AvgIpc) is 2.69. The van der Waals surface area contributed by atoms with Crippen molar-refractivity contribution in [1.29, 1.82) is 0 Å². The van der Waals surface area contributed by atoms with E-state index in [4.69, 9.17) is 0 Å². The summed E-state index contributed by atoms with van der Waals surface area (Å²) in [6, 6.07) is 22.7. The maximum Gasteiger partial charge on any atom is 0.261 e. The van der Waals surface area contributed by atoms with Crippen LogP contribution >= 0.6 is 15.9 Å². The Labute approximate surface area is 173 Å². The number of carbonyl (C=O) groups is 1. The summed E-state index contributed by atoms with van der Waals surface area (Å²) in [5, 5.41) is 2.79. The summed E-state index contributed by atoms with van der Waals surface area (Å²) < 4.78 is 28.3. The molecule has 1 amide bonds. The van der Waals surface area contributed by atoms with E-state index in [9.17, 15) is 13.2 Å². The zero-order valence-corrected chi connectivity index (χ0v) is 17.3. The molecule has 3 rings (SSSR count). The molecule has 3 aromatic rings. The fourth-order valence-electron chi connectivity index (χ4n) is 2.58. The predicted molar refractivity (Wildman–Crippen MR) is 115 cm³/mol. The molecular formula is C21H19BrN2O3S. The number of halogens is 1. The molecule has 3 aromatic carbocycles. The van der Waals surface area contributed by atoms with Crippen molar-refractivity contribution >= 4 is 43.2 Å². The molecule has 0 aromatic heterocycles. The molecule has 0 saturated carbocycles. The molecular weight excluding hydrogens is 440 g/mol. The van der Waals surface area contributed by atoms with Crippen LogP contribution in [0.25, 0.3) is 0 Å². The first-order valence-electron chi connectivity index (χ1n) is 8.65. The van der Waals surface area contributed by atoms with Crippen LogP contribution in [-0.4, -0.2) is 14.3 Å². The van der Waals surface area contributed by atoms with Crippen LogP contribution in [0.15, 0.2) is 88.2 Å². The second-order valence-corrected chi connectivity index (χ2v) is 8.77. The highest BCUT2D eigenvalue weighted by atomic mass is 79.9. The van der Waals surface area contributed by atoms with Crippen molar-refractivity contribution in [3.63, 3.8) is 0 Å². The molecule has 0 saturated heterocycles. The van der Waals surface area contributed by atoms with Gasteiger partial charge in [-0.3, -0.25) is 9.52 Å². The van der Waals surface area contributed by atoms with E-state index in [2.05, 4.69) is 26.0 Å². The van der Waals surface area contributed by atoms with Gasteiger partial charge in [0.25, 0.3) is 10.0 Å². The van der Waals surface area contributed by atoms with Crippen molar-refractivity contribution < 1.29 is 13.2 Å². The van der Waals surface area contributed by atoms with Crippen LogP contribution in [0.5, 0.6) is 0 Å². The van der Waals surface area contributed by atoms with E-state index in [-0.39, 0.29) is 10.8 Å². The lowest BCUT2D eigenvalue weighted by Gasteiger charge is -2.10. The second kappa shape index (κ2) is 9.03. The Balaban J connectivity index is 1.59. The van der Waals surface area contributed by atoms with Crippen LogP contribution in [0.1, 0.15) is 12.0 Å². The highest BCUT2D eigenvalue weighted by molar-refractivity contribution is 9.10. The molecule has 0 radical (unpaired) electrons. The first kappa shape index (κ1) is 20.1. The highest BCUT2D eigenvalue weighted by Crippen LogP contribution is 2.20. The largest absolute Gasteiger partial charge is 0.326 e. The minimum Gasteiger partial charge on any atom is -0.326 e. The standard InChI is InChI=1S/C21H19BrN2O3S/c22-17-7-9-19(10-8-17)24-28(26,27)20-13-11-18(12-14-20)23-21(25)15-6-16-4-2-1-3-5-16/h1-5,7-14,24H,6,15H2,(H,23,25). The Hall–Kier alpha value is -2.64. The quantitative estimate of drug-likeness (QED) is 0.532. The molecule has 0 aliphatic heterocycles. The number of anilines is 2. The Morgan fingerprint density at radius 3 is 2.07 bits per heavy atom. The van der Waals surface area contributed by atoms with Gasteiger partial charge in [-0.1, -0.05) is 46.3 Å². The monoisotopic (exact) mass is 458 g/mol. The number of amides is 1. The molecule has 0 fully saturated rings. The van der Waals surface area contributed by atoms with Crippen LogP contribution in [0.3, 0.4) is 0 Å². The first-order valence-corrected chi connectivity index (χ1v) is 10.9. The summed E-state index contributed by atoms with van der Waals surface area (Å²) in [4.78, 5) is 12.2. The zero-order chi connectivity index (χ0) is 20.0. The fraction of sp³-hybridized carbons (Fsp3) is 0.0952. The third kappa shape index (κ3) is 5.68. The van der Waals surface area contributed by atoms with Crippen LogP contribution in [0, 0.1) is 0 Å². The molecule has 28 heavy (non-hydrogen) atoms. The maximum atomic E-state index is 12.5. The van der Waals surface area contributed by atoms with E-state index in [1.54, 1.807) is 36.4 Å². The molecule has 0 spiro atoms. The van der Waals surface area contributed by atoms with E-state index in [0.29, 0.717) is 24.2 Å². The number of benzene rings is 3. The minimum absolute atomic E-state index is 0.118. The van der Waals surface area contributed by atoms with Crippen molar-refractivity contribution in [3.8, 4) is 0 Å². The van der Waals surface area contributed by atoms with Gasteiger partial charge in [0.05, 0.1) is 4.90 Å². The van der Waals surface area contributed by atoms with Crippen molar-refractivity contribution in [1.82, 2.24) is 0 Å². The van der Waals surface area contributed by atoms with E-state index in [1.807, 2.05) is 30.3 Å². The van der Waals surface area contributed by atoms with Gasteiger partial charge in [-0.05, 0) is 60.5 Å². The van der Waals surface area contributed by atoms with Gasteiger partial charge < -0.3 is 5.32 Å². The summed E-state index contributed by atoms with van der Waals surface area (Å²) in [6.45, 7) is 0. The number of aryl methyl sites for hydroxylation is 1. The van der Waals surface area contributed by atoms with Crippen LogP contribution < -0.4 is 10.0 Å². The molecule has 0 unspecified atom stereocenters. The van der Waals surface area contributed by atoms with Gasteiger partial charge in [0.15, 0.2) is 0 Å². The average molecular weight is 459 g/mol. The zero-order valence-electron chi connectivity index (χ0n) is 14.9. The fourth-order valence-corrected chi connectivity index (χ4v) is 3.90. The highest BCUT2D eigenvalue weighted by Gasteiger charge is 2.14. The molecule has 0 aliphatic rings. The van der Waals surface area contributed by atoms with E-state index < -0.39 is 10.0 Å². The number of sulfonamides is 1. The van der Waals surface area contributed by atoms with Gasteiger partial charge >= 0.3 is 0 Å². The summed E-state index contributed by atoms with van der Waals surface area (Å²) in [6.07, 6.45) is 1.01. The van der Waals surface area contributed by atoms with Crippen molar-refractivity contribution in [3.05, 3.63) is 88.9 Å². The molecule has 2 N–H and O–H groups in total. The Kier molecular flexibility index (Phi) is 6.49. The van der Waals surface area contributed by atoms with Crippen molar-refractivity contribution in [2.45, 2.75) is 17.7 Å². The van der Waals surface area contributed by atoms with Crippen LogP contribution in [0.2, 0.25) is 0 Å². The smallest absolute Gasteiger partial charge is 0.261 e. The normalized spacial score (nSPS) is 11.0. The summed E-state index contributed by atoms with van der Waals surface area (Å²) in [7, 11) is -3.70. The van der Waals surface area contributed by atoms with Gasteiger partial charge in [-0.2, -0.15) is 0 Å². The molecule has 0 heterocycles. The van der Waals surface area contributed by atoms with Gasteiger partial charge in [-0.25, -0.2) is 8.42 Å². The van der Waals surface area contributed by atoms with Crippen LogP contribution in [-0.2, 0) is 21.2 Å². The second-order valence-electron chi connectivity index (χ2n) is 6.17. The molecule has 0 bridgehead atoms. The van der Waals surface area contributed by atoms with E-state index >= 15 is 0 Å². The van der Waals surface area contributed by atoms with Gasteiger partial charge in [0.1, 0.15) is 0 Å². The molecule has 5 nitrogen and oxygen atoms in total. The van der Waals surface area contributed by atoms with Gasteiger partial charge in [0, 0.05) is 22.3 Å². The lowest BCUT2D eigenvalue weighted by molar-refractivity contribution is -0.116. The maximum absolute atomic E-state index is 12.5.